The molecule has 124 valence electrons. The van der Waals surface area contributed by atoms with Gasteiger partial charge in [-0.1, -0.05) is 36.4 Å². The zero-order valence-corrected chi connectivity index (χ0v) is 14.5. The highest BCUT2D eigenvalue weighted by atomic mass is 16.2. The molecule has 3 heteroatoms. The first-order valence-electron chi connectivity index (χ1n) is 9.06. The summed E-state index contributed by atoms with van der Waals surface area (Å²) in [5, 5.41) is 0. The summed E-state index contributed by atoms with van der Waals surface area (Å²) in [6, 6.07) is 9.23. The summed E-state index contributed by atoms with van der Waals surface area (Å²) in [6.45, 7) is 10.6. The molecule has 1 aliphatic carbocycles. The maximum atomic E-state index is 12.6. The highest BCUT2D eigenvalue weighted by molar-refractivity contribution is 5.97. The van der Waals surface area contributed by atoms with Crippen LogP contribution in [-0.4, -0.2) is 36.0 Å². The van der Waals surface area contributed by atoms with Gasteiger partial charge in [0.05, 0.1) is 6.04 Å². The molecule has 1 aromatic rings. The van der Waals surface area contributed by atoms with E-state index < -0.39 is 0 Å². The highest BCUT2D eigenvalue weighted by Crippen LogP contribution is 2.62. The van der Waals surface area contributed by atoms with E-state index >= 15 is 0 Å². The Morgan fingerprint density at radius 2 is 2.17 bits per heavy atom. The molecule has 3 fully saturated rings. The number of anilines is 1. The van der Waals surface area contributed by atoms with Gasteiger partial charge in [-0.3, -0.25) is 9.69 Å². The van der Waals surface area contributed by atoms with Crippen LogP contribution in [0.2, 0.25) is 0 Å². The summed E-state index contributed by atoms with van der Waals surface area (Å²) < 4.78 is 0. The molecule has 0 radical (unpaired) electrons. The second-order valence-electron chi connectivity index (χ2n) is 7.81. The molecule has 4 atom stereocenters. The third kappa shape index (κ3) is 1.46. The van der Waals surface area contributed by atoms with E-state index in [0.29, 0.717) is 12.0 Å². The Hall–Kier alpha value is -1.87. The van der Waals surface area contributed by atoms with Gasteiger partial charge in [0.1, 0.15) is 0 Å². The first kappa shape index (κ1) is 14.5. The molecule has 1 amide bonds. The molecule has 0 aromatic heterocycles. The quantitative estimate of drug-likeness (QED) is 0.685. The number of rotatable bonds is 0. The Balaban J connectivity index is 1.78. The van der Waals surface area contributed by atoms with Gasteiger partial charge in [0.25, 0.3) is 0 Å². The second kappa shape index (κ2) is 4.60. The van der Waals surface area contributed by atoms with Crippen LogP contribution in [0.15, 0.2) is 48.1 Å². The topological polar surface area (TPSA) is 23.6 Å². The number of piperidine rings is 1. The normalized spacial score (nSPS) is 38.4. The van der Waals surface area contributed by atoms with Crippen LogP contribution in [0.5, 0.6) is 0 Å². The lowest BCUT2D eigenvalue weighted by atomic mass is 9.58. The molecule has 1 spiro atoms. The van der Waals surface area contributed by atoms with E-state index in [0.717, 1.165) is 31.6 Å². The van der Waals surface area contributed by atoms with Crippen LogP contribution in [0.1, 0.15) is 32.3 Å². The molecule has 2 bridgehead atoms. The van der Waals surface area contributed by atoms with Crippen molar-refractivity contribution in [1.82, 2.24) is 4.90 Å². The summed E-state index contributed by atoms with van der Waals surface area (Å²) in [6.07, 6.45) is 4.57. The van der Waals surface area contributed by atoms with Gasteiger partial charge in [0.15, 0.2) is 0 Å². The molecule has 24 heavy (non-hydrogen) atoms. The number of amides is 1. The van der Waals surface area contributed by atoms with Crippen LogP contribution < -0.4 is 4.90 Å². The molecule has 1 aromatic carbocycles. The van der Waals surface area contributed by atoms with Gasteiger partial charge < -0.3 is 4.90 Å². The number of carbonyl (C=O) groups excluding carboxylic acids is 1. The van der Waals surface area contributed by atoms with Crippen molar-refractivity contribution < 1.29 is 4.79 Å². The number of para-hydroxylation sites is 1. The fraction of sp³-hybridized carbons (Fsp3) is 0.476. The van der Waals surface area contributed by atoms with Crippen LogP contribution >= 0.6 is 0 Å². The summed E-state index contributed by atoms with van der Waals surface area (Å²) >= 11 is 0. The predicted molar refractivity (Wildman–Crippen MR) is 96.1 cm³/mol. The van der Waals surface area contributed by atoms with Gasteiger partial charge in [0.2, 0.25) is 5.91 Å². The molecule has 0 N–H and O–H groups in total. The van der Waals surface area contributed by atoms with Crippen molar-refractivity contribution in [2.75, 3.05) is 18.0 Å². The standard InChI is InChI=1S/C21H24N2O/c1-4-15-12-22-10-9-21-17-7-5-6-8-18(17)23(14(3)24)20(21)13(2)16(15)11-19(21)22/h4-8,16,19-20H,2,9-12H2,1,3H3/b15-4-/t16-,19+,20+,21-/m1/s1. The molecule has 3 aliphatic heterocycles. The van der Waals surface area contributed by atoms with Gasteiger partial charge in [-0.15, -0.1) is 0 Å². The molecule has 4 aliphatic rings. The Kier molecular flexibility index (Phi) is 2.78. The number of nitrogens with zero attached hydrogens (tertiary/aromatic N) is 2. The average Bonchev–Trinajstić information content (AvgIpc) is 3.12. The molecular formula is C21H24N2O. The minimum atomic E-state index is 0.0507. The van der Waals surface area contributed by atoms with Gasteiger partial charge in [-0.2, -0.15) is 0 Å². The van der Waals surface area contributed by atoms with Crippen molar-refractivity contribution in [3.8, 4) is 0 Å². The summed E-state index contributed by atoms with van der Waals surface area (Å²) in [5.41, 5.74) is 5.29. The zero-order valence-electron chi connectivity index (χ0n) is 14.5. The van der Waals surface area contributed by atoms with Crippen molar-refractivity contribution in [3.63, 3.8) is 0 Å². The molecule has 0 unspecified atom stereocenters. The third-order valence-electron chi connectivity index (χ3n) is 7.06. The van der Waals surface area contributed by atoms with E-state index in [2.05, 4.69) is 53.6 Å². The van der Waals surface area contributed by atoms with E-state index in [1.807, 2.05) is 0 Å². The second-order valence-corrected chi connectivity index (χ2v) is 7.81. The number of benzene rings is 1. The predicted octanol–water partition coefficient (Wildman–Crippen LogP) is 3.27. The molecule has 5 rings (SSSR count). The molecule has 3 nitrogen and oxygen atoms in total. The average molecular weight is 320 g/mol. The molecule has 2 saturated heterocycles. The first-order chi connectivity index (χ1) is 11.6. The summed E-state index contributed by atoms with van der Waals surface area (Å²) in [5.74, 6) is 0.578. The lowest BCUT2D eigenvalue weighted by molar-refractivity contribution is -0.117. The van der Waals surface area contributed by atoms with Gasteiger partial charge in [-0.25, -0.2) is 0 Å². The maximum absolute atomic E-state index is 12.6. The van der Waals surface area contributed by atoms with Crippen molar-refractivity contribution in [2.45, 2.75) is 44.2 Å². The van der Waals surface area contributed by atoms with Crippen molar-refractivity contribution >= 4 is 11.6 Å². The van der Waals surface area contributed by atoms with Crippen molar-refractivity contribution in [3.05, 3.63) is 53.6 Å². The lowest BCUT2D eigenvalue weighted by Gasteiger charge is -2.53. The third-order valence-corrected chi connectivity index (χ3v) is 7.06. The number of allylic oxidation sites excluding steroid dienone is 1. The molecular weight excluding hydrogens is 296 g/mol. The zero-order chi connectivity index (χ0) is 16.6. The minimum absolute atomic E-state index is 0.0507. The fourth-order valence-electron chi connectivity index (χ4n) is 6.19. The smallest absolute Gasteiger partial charge is 0.224 e. The van der Waals surface area contributed by atoms with E-state index in [1.165, 1.54) is 16.7 Å². The Labute approximate surface area is 143 Å². The van der Waals surface area contributed by atoms with E-state index in [4.69, 9.17) is 0 Å². The monoisotopic (exact) mass is 320 g/mol. The van der Waals surface area contributed by atoms with Crippen LogP contribution in [0.3, 0.4) is 0 Å². The number of carbonyl (C=O) groups is 1. The Morgan fingerprint density at radius 3 is 2.92 bits per heavy atom. The van der Waals surface area contributed by atoms with Crippen LogP contribution in [0.4, 0.5) is 5.69 Å². The van der Waals surface area contributed by atoms with E-state index in [9.17, 15) is 4.79 Å². The SMILES string of the molecule is C=C1[C@H]2C[C@@H]3N(CC[C@@]34c3ccccc3N(C(C)=O)[C@@H]14)C/C2=C/C. The maximum Gasteiger partial charge on any atom is 0.224 e. The van der Waals surface area contributed by atoms with E-state index in [-0.39, 0.29) is 17.4 Å². The fourth-order valence-corrected chi connectivity index (χ4v) is 6.19. The number of hydrogen-bond acceptors (Lipinski definition) is 2. The lowest BCUT2D eigenvalue weighted by Crippen LogP contribution is -2.61. The van der Waals surface area contributed by atoms with Crippen LogP contribution in [0.25, 0.3) is 0 Å². The summed E-state index contributed by atoms with van der Waals surface area (Å²) in [4.78, 5) is 17.3. The van der Waals surface area contributed by atoms with Crippen LogP contribution in [0, 0.1) is 5.92 Å². The van der Waals surface area contributed by atoms with Crippen molar-refractivity contribution in [2.24, 2.45) is 5.92 Å². The van der Waals surface area contributed by atoms with Gasteiger partial charge >= 0.3 is 0 Å². The highest BCUT2D eigenvalue weighted by Gasteiger charge is 2.65. The number of fused-ring (bicyclic) bond motifs is 2. The minimum Gasteiger partial charge on any atom is -0.304 e. The number of hydrogen-bond donors (Lipinski definition) is 0. The molecule has 1 saturated carbocycles. The van der Waals surface area contributed by atoms with Gasteiger partial charge in [-0.05, 0) is 43.5 Å². The Morgan fingerprint density at radius 1 is 1.38 bits per heavy atom. The molecule has 3 heterocycles. The first-order valence-corrected chi connectivity index (χ1v) is 9.06. The van der Waals surface area contributed by atoms with Crippen LogP contribution in [-0.2, 0) is 10.2 Å². The van der Waals surface area contributed by atoms with E-state index in [1.54, 1.807) is 6.92 Å². The largest absolute Gasteiger partial charge is 0.304 e. The summed E-state index contributed by atoms with van der Waals surface area (Å²) in [7, 11) is 0. The Bertz CT molecular complexity index is 795. The van der Waals surface area contributed by atoms with Gasteiger partial charge in [0, 0.05) is 36.5 Å². The van der Waals surface area contributed by atoms with Crippen molar-refractivity contribution in [1.29, 1.82) is 0 Å².